The number of hydrogen-bond donors (Lipinski definition) is 0. The minimum absolute atomic E-state index is 0.368. The Balaban J connectivity index is 1.35. The first kappa shape index (κ1) is 19.1. The molecule has 2 saturated heterocycles. The highest BCUT2D eigenvalue weighted by Crippen LogP contribution is 2.34. The summed E-state index contributed by atoms with van der Waals surface area (Å²) in [4.78, 5) is 15.7. The molecule has 2 aromatic heterocycles. The van der Waals surface area contributed by atoms with Crippen molar-refractivity contribution in [3.05, 3.63) is 16.8 Å². The number of morpholine rings is 1. The first-order valence-corrected chi connectivity index (χ1v) is 11.2. The van der Waals surface area contributed by atoms with E-state index in [1.165, 1.54) is 36.8 Å². The normalized spacial score (nSPS) is 25.4. The van der Waals surface area contributed by atoms with Crippen molar-refractivity contribution >= 4 is 27.4 Å². The fourth-order valence-corrected chi connectivity index (χ4v) is 5.62. The molecule has 0 spiro atoms. The van der Waals surface area contributed by atoms with Crippen molar-refractivity contribution < 1.29 is 4.74 Å². The van der Waals surface area contributed by atoms with Crippen molar-refractivity contribution in [1.29, 1.82) is 0 Å². The lowest BCUT2D eigenvalue weighted by atomic mass is 9.93. The van der Waals surface area contributed by atoms with Gasteiger partial charge in [0.2, 0.25) is 0 Å². The molecule has 0 N–H and O–H groups in total. The summed E-state index contributed by atoms with van der Waals surface area (Å²) >= 11 is 1.74. The molecule has 5 nitrogen and oxygen atoms in total. The van der Waals surface area contributed by atoms with Gasteiger partial charge in [-0.15, -0.1) is 11.3 Å². The van der Waals surface area contributed by atoms with Crippen LogP contribution < -0.4 is 4.90 Å². The van der Waals surface area contributed by atoms with Gasteiger partial charge >= 0.3 is 0 Å². The molecule has 0 saturated carbocycles. The van der Waals surface area contributed by atoms with E-state index in [-0.39, 0.29) is 0 Å². The van der Waals surface area contributed by atoms with E-state index in [4.69, 9.17) is 9.72 Å². The van der Waals surface area contributed by atoms with Gasteiger partial charge in [-0.25, -0.2) is 9.97 Å². The van der Waals surface area contributed by atoms with Crippen LogP contribution in [0.2, 0.25) is 0 Å². The quantitative estimate of drug-likeness (QED) is 0.791. The van der Waals surface area contributed by atoms with Crippen LogP contribution in [0.15, 0.2) is 5.38 Å². The van der Waals surface area contributed by atoms with Gasteiger partial charge in [-0.1, -0.05) is 0 Å². The summed E-state index contributed by atoms with van der Waals surface area (Å²) in [6, 6.07) is 0. The molecular formula is C21H32N4OS. The largest absolute Gasteiger partial charge is 0.373 e. The molecule has 0 bridgehead atoms. The zero-order valence-corrected chi connectivity index (χ0v) is 17.9. The summed E-state index contributed by atoms with van der Waals surface area (Å²) < 4.78 is 5.86. The highest BCUT2D eigenvalue weighted by Gasteiger charge is 2.26. The minimum Gasteiger partial charge on any atom is -0.373 e. The Morgan fingerprint density at radius 2 is 1.81 bits per heavy atom. The Labute approximate surface area is 166 Å². The Bertz CT molecular complexity index is 774. The molecule has 2 aliphatic heterocycles. The number of piperidine rings is 1. The number of aromatic nitrogens is 2. The van der Waals surface area contributed by atoms with Crippen molar-refractivity contribution in [3.8, 4) is 0 Å². The smallest absolute Gasteiger partial charge is 0.141 e. The fourth-order valence-electron chi connectivity index (χ4n) is 4.66. The molecule has 2 unspecified atom stereocenters. The van der Waals surface area contributed by atoms with Crippen molar-refractivity contribution in [2.45, 2.75) is 59.2 Å². The van der Waals surface area contributed by atoms with E-state index in [9.17, 15) is 0 Å². The summed E-state index contributed by atoms with van der Waals surface area (Å²) in [5, 5.41) is 3.47. The maximum atomic E-state index is 5.86. The molecule has 27 heavy (non-hydrogen) atoms. The van der Waals surface area contributed by atoms with Crippen LogP contribution in [0.4, 0.5) is 5.82 Å². The van der Waals surface area contributed by atoms with E-state index < -0.39 is 0 Å². The minimum atomic E-state index is 0.368. The number of nitrogens with zero attached hydrogens (tertiary/aromatic N) is 4. The highest BCUT2D eigenvalue weighted by molar-refractivity contribution is 7.17. The third-order valence-corrected chi connectivity index (χ3v) is 6.96. The van der Waals surface area contributed by atoms with Gasteiger partial charge < -0.3 is 9.64 Å². The Morgan fingerprint density at radius 1 is 1.11 bits per heavy atom. The molecule has 0 aromatic carbocycles. The van der Waals surface area contributed by atoms with E-state index in [2.05, 4.69) is 40.9 Å². The van der Waals surface area contributed by atoms with Gasteiger partial charge in [0.05, 0.1) is 17.6 Å². The second-order valence-electron chi connectivity index (χ2n) is 8.43. The van der Waals surface area contributed by atoms with Gasteiger partial charge in [0, 0.05) is 26.2 Å². The van der Waals surface area contributed by atoms with E-state index in [1.54, 1.807) is 11.3 Å². The molecule has 6 heteroatoms. The maximum Gasteiger partial charge on any atom is 0.141 e. The number of fused-ring (bicyclic) bond motifs is 1. The Hall–Kier alpha value is -1.24. The van der Waals surface area contributed by atoms with Gasteiger partial charge in [0.25, 0.3) is 0 Å². The van der Waals surface area contributed by atoms with E-state index in [1.807, 2.05) is 6.92 Å². The lowest BCUT2D eigenvalue weighted by Crippen LogP contribution is -2.46. The fraction of sp³-hybridized carbons (Fsp3) is 0.714. The summed E-state index contributed by atoms with van der Waals surface area (Å²) in [6.07, 6.45) is 4.58. The molecule has 2 atom stereocenters. The lowest BCUT2D eigenvalue weighted by molar-refractivity contribution is -0.0690. The van der Waals surface area contributed by atoms with Crippen molar-refractivity contribution in [1.82, 2.24) is 14.9 Å². The molecule has 2 fully saturated rings. The zero-order chi connectivity index (χ0) is 19.0. The summed E-state index contributed by atoms with van der Waals surface area (Å²) in [5.41, 5.74) is 1.31. The summed E-state index contributed by atoms with van der Waals surface area (Å²) in [7, 11) is 0. The monoisotopic (exact) mass is 388 g/mol. The summed E-state index contributed by atoms with van der Waals surface area (Å²) in [5.74, 6) is 2.87. The number of thiophene rings is 1. The molecule has 4 heterocycles. The topological polar surface area (TPSA) is 41.5 Å². The second-order valence-corrected chi connectivity index (χ2v) is 9.29. The highest BCUT2D eigenvalue weighted by atomic mass is 32.1. The van der Waals surface area contributed by atoms with Crippen LogP contribution in [0.25, 0.3) is 10.2 Å². The molecule has 0 aliphatic carbocycles. The average Bonchev–Trinajstić information content (AvgIpc) is 3.00. The van der Waals surface area contributed by atoms with Crippen LogP contribution in [0.1, 0.15) is 44.5 Å². The zero-order valence-electron chi connectivity index (χ0n) is 17.1. The van der Waals surface area contributed by atoms with Crippen LogP contribution in [0.5, 0.6) is 0 Å². The third-order valence-electron chi connectivity index (χ3n) is 5.97. The van der Waals surface area contributed by atoms with E-state index >= 15 is 0 Å². The number of ether oxygens (including phenoxy) is 1. The van der Waals surface area contributed by atoms with Gasteiger partial charge in [0.15, 0.2) is 0 Å². The first-order chi connectivity index (χ1) is 13.0. The summed E-state index contributed by atoms with van der Waals surface area (Å²) in [6.45, 7) is 14.2. The van der Waals surface area contributed by atoms with Crippen molar-refractivity contribution in [2.24, 2.45) is 5.92 Å². The van der Waals surface area contributed by atoms with E-state index in [0.29, 0.717) is 12.2 Å². The number of aryl methyl sites for hydroxylation is 2. The molecule has 0 radical (unpaired) electrons. The van der Waals surface area contributed by atoms with Crippen LogP contribution in [-0.4, -0.2) is 59.8 Å². The SMILES string of the molecule is Cc1nc(N2CCC(CCN3CC(C)OC(C)C3)CC2)c2c(C)csc2n1. The van der Waals surface area contributed by atoms with Gasteiger partial charge in [0.1, 0.15) is 16.5 Å². The molecule has 2 aliphatic rings. The Kier molecular flexibility index (Phi) is 5.67. The van der Waals surface area contributed by atoms with E-state index in [0.717, 1.165) is 48.6 Å². The van der Waals surface area contributed by atoms with Crippen LogP contribution in [0, 0.1) is 19.8 Å². The number of hydrogen-bond acceptors (Lipinski definition) is 6. The van der Waals surface area contributed by atoms with Crippen LogP contribution in [-0.2, 0) is 4.74 Å². The molecule has 4 rings (SSSR count). The first-order valence-electron chi connectivity index (χ1n) is 10.3. The van der Waals surface area contributed by atoms with Crippen molar-refractivity contribution in [2.75, 3.05) is 37.6 Å². The Morgan fingerprint density at radius 3 is 2.52 bits per heavy atom. The van der Waals surface area contributed by atoms with Gasteiger partial charge in [-0.05, 0) is 70.4 Å². The molecule has 0 amide bonds. The van der Waals surface area contributed by atoms with Gasteiger partial charge in [-0.3, -0.25) is 4.90 Å². The standard InChI is InChI=1S/C21H32N4OS/c1-14-13-27-21-19(14)20(22-17(4)23-21)25-9-6-18(7-10-25)5-8-24-11-15(2)26-16(3)12-24/h13,15-16,18H,5-12H2,1-4H3. The predicted molar refractivity (Wildman–Crippen MR) is 113 cm³/mol. The molecule has 148 valence electrons. The molecular weight excluding hydrogens is 356 g/mol. The van der Waals surface area contributed by atoms with Crippen molar-refractivity contribution in [3.63, 3.8) is 0 Å². The maximum absolute atomic E-state index is 5.86. The number of rotatable bonds is 4. The number of anilines is 1. The van der Waals surface area contributed by atoms with Crippen LogP contribution in [0.3, 0.4) is 0 Å². The predicted octanol–water partition coefficient (Wildman–Crippen LogP) is 4.02. The van der Waals surface area contributed by atoms with Gasteiger partial charge in [-0.2, -0.15) is 0 Å². The average molecular weight is 389 g/mol. The lowest BCUT2D eigenvalue weighted by Gasteiger charge is -2.37. The third kappa shape index (κ3) is 4.28. The van der Waals surface area contributed by atoms with Crippen LogP contribution >= 0.6 is 11.3 Å². The molecule has 2 aromatic rings. The second kappa shape index (κ2) is 8.02.